The summed E-state index contributed by atoms with van der Waals surface area (Å²) < 4.78 is 0.583. The van der Waals surface area contributed by atoms with E-state index in [1.807, 2.05) is 13.8 Å². The average molecular weight is 328 g/mol. The monoisotopic (exact) mass is 327 g/mol. The van der Waals surface area contributed by atoms with Crippen molar-refractivity contribution in [3.8, 4) is 5.75 Å². The van der Waals surface area contributed by atoms with E-state index in [1.165, 1.54) is 17.8 Å². The van der Waals surface area contributed by atoms with Crippen molar-refractivity contribution >= 4 is 51.9 Å². The van der Waals surface area contributed by atoms with Crippen molar-refractivity contribution in [1.82, 2.24) is 4.90 Å². The third kappa shape index (κ3) is 3.34. The maximum atomic E-state index is 12.3. The average Bonchev–Trinajstić information content (AvgIpc) is 2.61. The first-order valence-electron chi connectivity index (χ1n) is 6.12. The Morgan fingerprint density at radius 1 is 1.50 bits per heavy atom. The van der Waals surface area contributed by atoms with Crippen molar-refractivity contribution in [2.75, 3.05) is 6.54 Å². The molecule has 0 atom stereocenters. The van der Waals surface area contributed by atoms with Crippen molar-refractivity contribution in [3.05, 3.63) is 33.7 Å². The molecule has 1 amide bonds. The van der Waals surface area contributed by atoms with E-state index >= 15 is 0 Å². The summed E-state index contributed by atoms with van der Waals surface area (Å²) in [6, 6.07) is 4.82. The number of carbonyl (C=O) groups is 1. The minimum absolute atomic E-state index is 0.0242. The number of benzene rings is 1. The van der Waals surface area contributed by atoms with Gasteiger partial charge in [0.25, 0.3) is 5.91 Å². The predicted molar refractivity (Wildman–Crippen MR) is 87.8 cm³/mol. The molecule has 1 heterocycles. The molecule has 2 rings (SSSR count). The maximum Gasteiger partial charge on any atom is 0.266 e. The molecule has 20 heavy (non-hydrogen) atoms. The molecule has 6 heteroatoms. The largest absolute Gasteiger partial charge is 0.506 e. The van der Waals surface area contributed by atoms with Gasteiger partial charge in [0.2, 0.25) is 0 Å². The summed E-state index contributed by atoms with van der Waals surface area (Å²) in [5.41, 5.74) is 0.762. The molecule has 1 aliphatic heterocycles. The summed E-state index contributed by atoms with van der Waals surface area (Å²) in [5, 5.41) is 9.65. The second kappa shape index (κ2) is 6.16. The number of amides is 1. The van der Waals surface area contributed by atoms with E-state index in [1.54, 1.807) is 23.1 Å². The van der Waals surface area contributed by atoms with Gasteiger partial charge in [-0.3, -0.25) is 9.69 Å². The van der Waals surface area contributed by atoms with Crippen LogP contribution in [0.2, 0.25) is 5.02 Å². The topological polar surface area (TPSA) is 40.5 Å². The van der Waals surface area contributed by atoms with Crippen molar-refractivity contribution in [2.24, 2.45) is 5.92 Å². The van der Waals surface area contributed by atoms with Crippen molar-refractivity contribution in [2.45, 2.75) is 13.8 Å². The molecule has 1 fully saturated rings. The minimum atomic E-state index is -0.0714. The van der Waals surface area contributed by atoms with E-state index in [4.69, 9.17) is 23.8 Å². The SMILES string of the molecule is CC(C)CN1C(=O)/C(=C/c2ccc(O)c(Cl)c2)SC1=S. The molecule has 0 spiro atoms. The molecule has 0 bridgehead atoms. The van der Waals surface area contributed by atoms with Gasteiger partial charge in [0.1, 0.15) is 10.1 Å². The Morgan fingerprint density at radius 2 is 2.20 bits per heavy atom. The summed E-state index contributed by atoms with van der Waals surface area (Å²) in [6.07, 6.45) is 1.74. The van der Waals surface area contributed by atoms with Crippen LogP contribution < -0.4 is 0 Å². The van der Waals surface area contributed by atoms with Crippen LogP contribution in [0.25, 0.3) is 6.08 Å². The number of aromatic hydroxyl groups is 1. The fourth-order valence-corrected chi connectivity index (χ4v) is 3.25. The number of carbonyl (C=O) groups excluding carboxylic acids is 1. The normalized spacial score (nSPS) is 17.6. The smallest absolute Gasteiger partial charge is 0.266 e. The van der Waals surface area contributed by atoms with Crippen LogP contribution in [0, 0.1) is 5.92 Å². The van der Waals surface area contributed by atoms with E-state index in [2.05, 4.69) is 0 Å². The van der Waals surface area contributed by atoms with Crippen LogP contribution in [0.5, 0.6) is 5.75 Å². The van der Waals surface area contributed by atoms with Gasteiger partial charge in [-0.2, -0.15) is 0 Å². The van der Waals surface area contributed by atoms with Gasteiger partial charge in [-0.25, -0.2) is 0 Å². The predicted octanol–water partition coefficient (Wildman–Crippen LogP) is 3.90. The van der Waals surface area contributed by atoms with Crippen LogP contribution in [-0.4, -0.2) is 26.8 Å². The Balaban J connectivity index is 2.25. The number of thiocarbonyl (C=S) groups is 1. The molecule has 0 aromatic heterocycles. The first kappa shape index (κ1) is 15.4. The maximum absolute atomic E-state index is 12.3. The summed E-state index contributed by atoms with van der Waals surface area (Å²) in [7, 11) is 0. The number of nitrogens with zero attached hydrogens (tertiary/aromatic N) is 1. The Bertz CT molecular complexity index is 599. The first-order valence-corrected chi connectivity index (χ1v) is 7.72. The third-order valence-corrected chi connectivity index (χ3v) is 4.37. The molecule has 106 valence electrons. The van der Waals surface area contributed by atoms with Gasteiger partial charge in [0.05, 0.1) is 9.93 Å². The number of hydrogen-bond donors (Lipinski definition) is 1. The first-order chi connectivity index (χ1) is 9.38. The zero-order chi connectivity index (χ0) is 14.9. The van der Waals surface area contributed by atoms with Gasteiger partial charge >= 0.3 is 0 Å². The zero-order valence-corrected chi connectivity index (χ0v) is 13.5. The minimum Gasteiger partial charge on any atom is -0.506 e. The highest BCUT2D eigenvalue weighted by molar-refractivity contribution is 8.26. The second-order valence-corrected chi connectivity index (χ2v) is 6.98. The summed E-state index contributed by atoms with van der Waals surface area (Å²) in [6.45, 7) is 4.71. The second-order valence-electron chi connectivity index (χ2n) is 4.90. The van der Waals surface area contributed by atoms with E-state index in [9.17, 15) is 9.90 Å². The van der Waals surface area contributed by atoms with Gasteiger partial charge in [0, 0.05) is 6.54 Å². The van der Waals surface area contributed by atoms with Crippen molar-refractivity contribution < 1.29 is 9.90 Å². The molecule has 0 radical (unpaired) electrons. The van der Waals surface area contributed by atoms with Gasteiger partial charge in [0.15, 0.2) is 0 Å². The molecule has 1 aromatic carbocycles. The molecule has 1 saturated heterocycles. The number of hydrogen-bond acceptors (Lipinski definition) is 4. The van der Waals surface area contributed by atoms with Crippen LogP contribution in [-0.2, 0) is 4.79 Å². The Morgan fingerprint density at radius 3 is 2.80 bits per heavy atom. The van der Waals surface area contributed by atoms with Gasteiger partial charge in [-0.1, -0.05) is 55.5 Å². The van der Waals surface area contributed by atoms with Crippen LogP contribution >= 0.6 is 35.6 Å². The summed E-state index contributed by atoms with van der Waals surface area (Å²) >= 11 is 12.4. The Hall–Kier alpha value is -1.04. The van der Waals surface area contributed by atoms with Gasteiger partial charge in [-0.05, 0) is 29.7 Å². The van der Waals surface area contributed by atoms with E-state index in [0.29, 0.717) is 21.7 Å². The van der Waals surface area contributed by atoms with Gasteiger partial charge < -0.3 is 5.11 Å². The highest BCUT2D eigenvalue weighted by atomic mass is 35.5. The lowest BCUT2D eigenvalue weighted by Crippen LogP contribution is -2.31. The number of rotatable bonds is 3. The number of phenols is 1. The number of thioether (sulfide) groups is 1. The molecular formula is C14H14ClNO2S2. The quantitative estimate of drug-likeness (QED) is 0.675. The fourth-order valence-electron chi connectivity index (χ4n) is 1.79. The molecule has 1 N–H and O–H groups in total. The third-order valence-electron chi connectivity index (χ3n) is 2.69. The molecule has 0 unspecified atom stereocenters. The van der Waals surface area contributed by atoms with Crippen LogP contribution in [0.3, 0.4) is 0 Å². The molecule has 1 aromatic rings. The lowest BCUT2D eigenvalue weighted by atomic mass is 10.2. The zero-order valence-electron chi connectivity index (χ0n) is 11.1. The van der Waals surface area contributed by atoms with Crippen LogP contribution in [0.1, 0.15) is 19.4 Å². The molecule has 0 aliphatic carbocycles. The van der Waals surface area contributed by atoms with Gasteiger partial charge in [-0.15, -0.1) is 0 Å². The number of phenolic OH excluding ortho intramolecular Hbond substituents is 1. The standard InChI is InChI=1S/C14H14ClNO2S2/c1-8(2)7-16-13(18)12(20-14(16)19)6-9-3-4-11(17)10(15)5-9/h3-6,8,17H,7H2,1-2H3/b12-6-. The molecule has 3 nitrogen and oxygen atoms in total. The number of halogens is 1. The molecule has 1 aliphatic rings. The summed E-state index contributed by atoms with van der Waals surface area (Å²) in [4.78, 5) is 14.5. The lowest BCUT2D eigenvalue weighted by molar-refractivity contribution is -0.122. The summed E-state index contributed by atoms with van der Waals surface area (Å²) in [5.74, 6) is 0.314. The Kier molecular flexibility index (Phi) is 4.73. The Labute approximate surface area is 132 Å². The van der Waals surface area contributed by atoms with E-state index in [-0.39, 0.29) is 16.7 Å². The van der Waals surface area contributed by atoms with E-state index < -0.39 is 0 Å². The van der Waals surface area contributed by atoms with Crippen LogP contribution in [0.4, 0.5) is 0 Å². The van der Waals surface area contributed by atoms with Crippen molar-refractivity contribution in [1.29, 1.82) is 0 Å². The fraction of sp³-hybridized carbons (Fsp3) is 0.286. The molecule has 0 saturated carbocycles. The molecular weight excluding hydrogens is 314 g/mol. The highest BCUT2D eigenvalue weighted by Gasteiger charge is 2.32. The van der Waals surface area contributed by atoms with Crippen LogP contribution in [0.15, 0.2) is 23.1 Å². The lowest BCUT2D eigenvalue weighted by Gasteiger charge is -2.16. The highest BCUT2D eigenvalue weighted by Crippen LogP contribution is 2.34. The van der Waals surface area contributed by atoms with Crippen molar-refractivity contribution in [3.63, 3.8) is 0 Å². The van der Waals surface area contributed by atoms with E-state index in [0.717, 1.165) is 5.56 Å².